The summed E-state index contributed by atoms with van der Waals surface area (Å²) < 4.78 is 0. The Kier molecular flexibility index (Phi) is 1.35. The molecule has 1 nitrogen and oxygen atoms in total. The fourth-order valence-electron chi connectivity index (χ4n) is 4.23. The molecule has 0 aromatic carbocycles. The average molecular weight is 190 g/mol. The van der Waals surface area contributed by atoms with Crippen molar-refractivity contribution in [2.75, 3.05) is 0 Å². The van der Waals surface area contributed by atoms with Crippen LogP contribution in [0.4, 0.5) is 0 Å². The zero-order valence-corrected chi connectivity index (χ0v) is 9.33. The van der Waals surface area contributed by atoms with Crippen LogP contribution in [0.25, 0.3) is 0 Å². The first-order valence-corrected chi connectivity index (χ1v) is 5.53. The average Bonchev–Trinajstić information content (AvgIpc) is 2.44. The van der Waals surface area contributed by atoms with Crippen LogP contribution in [0, 0.1) is 23.2 Å². The topological polar surface area (TPSA) is 20.2 Å². The molecule has 3 rings (SSSR count). The van der Waals surface area contributed by atoms with Crippen molar-refractivity contribution < 1.29 is 5.11 Å². The lowest BCUT2D eigenvalue weighted by atomic mass is 9.55. The Balaban J connectivity index is 2.16. The van der Waals surface area contributed by atoms with Gasteiger partial charge in [-0.2, -0.15) is 0 Å². The van der Waals surface area contributed by atoms with Crippen LogP contribution >= 0.6 is 0 Å². The van der Waals surface area contributed by atoms with Crippen molar-refractivity contribution in [1.29, 1.82) is 0 Å². The molecule has 0 aromatic rings. The molecule has 2 bridgehead atoms. The first-order chi connectivity index (χ1) is 6.49. The lowest BCUT2D eigenvalue weighted by molar-refractivity contribution is 0.115. The number of rotatable bonds is 0. The molecular formula is C13H18O. The van der Waals surface area contributed by atoms with Crippen molar-refractivity contribution in [3.8, 4) is 0 Å². The van der Waals surface area contributed by atoms with Gasteiger partial charge in [0.05, 0.1) is 6.10 Å². The molecule has 14 heavy (non-hydrogen) atoms. The van der Waals surface area contributed by atoms with Crippen LogP contribution in [-0.4, -0.2) is 11.2 Å². The van der Waals surface area contributed by atoms with Gasteiger partial charge in [-0.3, -0.25) is 0 Å². The zero-order valence-electron chi connectivity index (χ0n) is 9.33. The highest BCUT2D eigenvalue weighted by Gasteiger charge is 2.65. The van der Waals surface area contributed by atoms with E-state index in [4.69, 9.17) is 0 Å². The highest BCUT2D eigenvalue weighted by atomic mass is 16.3. The standard InChI is InChI=1S/C13H18O/c1-6-5-9-10-7(2)8(3)11(12(10)14)13(6,9)4/h5,9-12,14H,1-4H3. The molecule has 0 saturated heterocycles. The molecule has 1 N–H and O–H groups in total. The Hall–Kier alpha value is -0.560. The largest absolute Gasteiger partial charge is 0.392 e. The second-order valence-electron chi connectivity index (χ2n) is 5.52. The Labute approximate surface area is 85.5 Å². The fraction of sp³-hybridized carbons (Fsp3) is 0.692. The number of aliphatic hydroxyl groups is 1. The quantitative estimate of drug-likeness (QED) is 0.582. The van der Waals surface area contributed by atoms with Crippen LogP contribution in [0.15, 0.2) is 22.8 Å². The summed E-state index contributed by atoms with van der Waals surface area (Å²) in [4.78, 5) is 0. The van der Waals surface area contributed by atoms with Gasteiger partial charge in [-0.1, -0.05) is 29.7 Å². The van der Waals surface area contributed by atoms with Crippen LogP contribution in [0.2, 0.25) is 0 Å². The monoisotopic (exact) mass is 190 g/mol. The van der Waals surface area contributed by atoms with Gasteiger partial charge in [0.2, 0.25) is 0 Å². The van der Waals surface area contributed by atoms with Gasteiger partial charge in [0, 0.05) is 17.3 Å². The molecule has 1 heteroatoms. The number of fused-ring (bicyclic) bond motifs is 5. The van der Waals surface area contributed by atoms with Gasteiger partial charge in [-0.15, -0.1) is 0 Å². The first-order valence-electron chi connectivity index (χ1n) is 5.53. The van der Waals surface area contributed by atoms with Gasteiger partial charge in [0.1, 0.15) is 0 Å². The fourth-order valence-corrected chi connectivity index (χ4v) is 4.23. The molecule has 3 aliphatic carbocycles. The van der Waals surface area contributed by atoms with Crippen molar-refractivity contribution in [1.82, 2.24) is 0 Å². The molecule has 1 fully saturated rings. The summed E-state index contributed by atoms with van der Waals surface area (Å²) in [6.07, 6.45) is 2.25. The molecule has 0 radical (unpaired) electrons. The molecule has 76 valence electrons. The maximum absolute atomic E-state index is 10.3. The van der Waals surface area contributed by atoms with Crippen molar-refractivity contribution in [2.24, 2.45) is 23.2 Å². The minimum Gasteiger partial charge on any atom is -0.392 e. The second-order valence-corrected chi connectivity index (χ2v) is 5.52. The summed E-state index contributed by atoms with van der Waals surface area (Å²) in [5.41, 5.74) is 4.68. The van der Waals surface area contributed by atoms with E-state index < -0.39 is 0 Å². The maximum Gasteiger partial charge on any atom is 0.0685 e. The third-order valence-corrected chi connectivity index (χ3v) is 5.30. The Morgan fingerprint density at radius 2 is 1.86 bits per heavy atom. The summed E-state index contributed by atoms with van der Waals surface area (Å²) in [5.74, 6) is 1.45. The number of allylic oxidation sites excluding steroid dienone is 2. The molecule has 3 aliphatic rings. The highest BCUT2D eigenvalue weighted by molar-refractivity contribution is 5.47. The first kappa shape index (κ1) is 8.72. The summed E-state index contributed by atoms with van der Waals surface area (Å²) >= 11 is 0. The lowest BCUT2D eigenvalue weighted by Crippen LogP contribution is -2.41. The third kappa shape index (κ3) is 0.604. The Morgan fingerprint density at radius 3 is 2.43 bits per heavy atom. The van der Waals surface area contributed by atoms with Crippen molar-refractivity contribution in [2.45, 2.75) is 33.8 Å². The number of hydrogen-bond acceptors (Lipinski definition) is 1. The van der Waals surface area contributed by atoms with Crippen LogP contribution in [0.5, 0.6) is 0 Å². The third-order valence-electron chi connectivity index (χ3n) is 5.30. The van der Waals surface area contributed by atoms with E-state index in [0.29, 0.717) is 17.8 Å². The maximum atomic E-state index is 10.3. The van der Waals surface area contributed by atoms with Gasteiger partial charge in [0.15, 0.2) is 0 Å². The van der Waals surface area contributed by atoms with E-state index in [1.165, 1.54) is 16.7 Å². The van der Waals surface area contributed by atoms with Crippen LogP contribution in [0.1, 0.15) is 27.7 Å². The summed E-state index contributed by atoms with van der Waals surface area (Å²) in [5, 5.41) is 10.3. The van der Waals surface area contributed by atoms with Crippen molar-refractivity contribution in [3.05, 3.63) is 22.8 Å². The summed E-state index contributed by atoms with van der Waals surface area (Å²) in [6.45, 7) is 8.95. The normalized spacial score (nSPS) is 54.5. The lowest BCUT2D eigenvalue weighted by Gasteiger charge is -2.48. The Morgan fingerprint density at radius 1 is 1.21 bits per heavy atom. The molecule has 5 unspecified atom stereocenters. The van der Waals surface area contributed by atoms with Gasteiger partial charge in [0.25, 0.3) is 0 Å². The van der Waals surface area contributed by atoms with E-state index >= 15 is 0 Å². The van der Waals surface area contributed by atoms with E-state index in [1.807, 2.05) is 0 Å². The molecule has 0 spiro atoms. The molecular weight excluding hydrogens is 172 g/mol. The smallest absolute Gasteiger partial charge is 0.0685 e. The minimum absolute atomic E-state index is 0.112. The zero-order chi connectivity index (χ0) is 10.2. The molecule has 0 amide bonds. The molecule has 0 aliphatic heterocycles. The molecule has 0 aromatic heterocycles. The van der Waals surface area contributed by atoms with Crippen LogP contribution < -0.4 is 0 Å². The summed E-state index contributed by atoms with van der Waals surface area (Å²) in [6, 6.07) is 0. The van der Waals surface area contributed by atoms with E-state index in [2.05, 4.69) is 33.8 Å². The molecule has 1 saturated carbocycles. The van der Waals surface area contributed by atoms with Crippen molar-refractivity contribution in [3.63, 3.8) is 0 Å². The Bertz CT molecular complexity index is 377. The van der Waals surface area contributed by atoms with E-state index in [0.717, 1.165) is 0 Å². The van der Waals surface area contributed by atoms with Crippen LogP contribution in [-0.2, 0) is 0 Å². The van der Waals surface area contributed by atoms with E-state index in [9.17, 15) is 5.11 Å². The van der Waals surface area contributed by atoms with Gasteiger partial charge >= 0.3 is 0 Å². The molecule has 5 atom stereocenters. The highest BCUT2D eigenvalue weighted by Crippen LogP contribution is 2.69. The molecule has 0 heterocycles. The number of aliphatic hydroxyl groups excluding tert-OH is 1. The van der Waals surface area contributed by atoms with E-state index in [-0.39, 0.29) is 11.5 Å². The van der Waals surface area contributed by atoms with Crippen LogP contribution in [0.3, 0.4) is 0 Å². The van der Waals surface area contributed by atoms with Gasteiger partial charge < -0.3 is 5.11 Å². The van der Waals surface area contributed by atoms with E-state index in [1.54, 1.807) is 0 Å². The van der Waals surface area contributed by atoms with Gasteiger partial charge in [-0.05, 0) is 26.7 Å². The second kappa shape index (κ2) is 2.16. The minimum atomic E-state index is -0.112. The SMILES string of the molecule is CC1=CC2C3C(C)=C(C)C(C3O)C12C. The predicted octanol–water partition coefficient (Wildman–Crippen LogP) is 2.53. The number of hydrogen-bond donors (Lipinski definition) is 1. The summed E-state index contributed by atoms with van der Waals surface area (Å²) in [7, 11) is 0. The van der Waals surface area contributed by atoms with Gasteiger partial charge in [-0.25, -0.2) is 0 Å². The van der Waals surface area contributed by atoms with Crippen molar-refractivity contribution >= 4 is 0 Å². The predicted molar refractivity (Wildman–Crippen MR) is 56.7 cm³/mol.